The summed E-state index contributed by atoms with van der Waals surface area (Å²) in [4.78, 5) is 11.4. The summed E-state index contributed by atoms with van der Waals surface area (Å²) in [5.41, 5.74) is 0.102. The van der Waals surface area contributed by atoms with Crippen molar-refractivity contribution >= 4 is 15.9 Å². The van der Waals surface area contributed by atoms with Crippen molar-refractivity contribution in [2.45, 2.75) is 0 Å². The van der Waals surface area contributed by atoms with Crippen LogP contribution in [0.5, 0.6) is 0 Å². The lowest BCUT2D eigenvalue weighted by Crippen LogP contribution is -2.19. The number of aromatic nitrogens is 2. The Bertz CT molecular complexity index is 553. The molecule has 3 nitrogen and oxygen atoms in total. The molecule has 0 aliphatic carbocycles. The number of hydrogen-bond acceptors (Lipinski definition) is 2. The second-order valence-electron chi connectivity index (χ2n) is 2.89. The fourth-order valence-corrected chi connectivity index (χ4v) is 1.47. The lowest BCUT2D eigenvalue weighted by atomic mass is 10.3. The zero-order valence-corrected chi connectivity index (χ0v) is 9.11. The maximum Gasteiger partial charge on any atom is 0.271 e. The Morgan fingerprint density at radius 3 is 2.80 bits per heavy atom. The minimum absolute atomic E-state index is 0.302. The van der Waals surface area contributed by atoms with E-state index in [2.05, 4.69) is 21.0 Å². The van der Waals surface area contributed by atoms with E-state index < -0.39 is 5.82 Å². The highest BCUT2D eigenvalue weighted by Crippen LogP contribution is 2.08. The van der Waals surface area contributed by atoms with Gasteiger partial charge in [-0.05, 0) is 40.2 Å². The van der Waals surface area contributed by atoms with Gasteiger partial charge in [-0.2, -0.15) is 9.78 Å². The molecule has 0 N–H and O–H groups in total. The Morgan fingerprint density at radius 2 is 2.07 bits per heavy atom. The Balaban J connectivity index is 2.63. The van der Waals surface area contributed by atoms with Gasteiger partial charge in [-0.25, -0.2) is 4.39 Å². The smallest absolute Gasteiger partial charge is 0.267 e. The van der Waals surface area contributed by atoms with Crippen LogP contribution >= 0.6 is 15.9 Å². The summed E-state index contributed by atoms with van der Waals surface area (Å²) in [6, 6.07) is 8.61. The molecule has 0 saturated heterocycles. The first-order chi connectivity index (χ1) is 7.16. The molecule has 0 fully saturated rings. The predicted molar refractivity (Wildman–Crippen MR) is 57.5 cm³/mol. The van der Waals surface area contributed by atoms with Gasteiger partial charge in [0.05, 0.1) is 5.69 Å². The van der Waals surface area contributed by atoms with Crippen molar-refractivity contribution in [3.05, 3.63) is 57.2 Å². The fraction of sp³-hybridized carbons (Fsp3) is 0. The minimum Gasteiger partial charge on any atom is -0.267 e. The van der Waals surface area contributed by atoms with Crippen molar-refractivity contribution in [1.29, 1.82) is 0 Å². The number of nitrogens with zero attached hydrogens (tertiary/aromatic N) is 2. The highest BCUT2D eigenvalue weighted by molar-refractivity contribution is 9.10. The van der Waals surface area contributed by atoms with E-state index in [0.717, 1.165) is 4.68 Å². The van der Waals surface area contributed by atoms with Crippen molar-refractivity contribution in [3.63, 3.8) is 0 Å². The molecular formula is C10H6BrFN2O. The molecular weight excluding hydrogens is 263 g/mol. The van der Waals surface area contributed by atoms with Gasteiger partial charge in [-0.1, -0.05) is 6.07 Å². The van der Waals surface area contributed by atoms with Crippen LogP contribution in [-0.2, 0) is 0 Å². The fourth-order valence-electron chi connectivity index (χ4n) is 1.18. The zero-order chi connectivity index (χ0) is 10.8. The number of benzene rings is 1. The number of halogens is 2. The zero-order valence-electron chi connectivity index (χ0n) is 7.52. The lowest BCUT2D eigenvalue weighted by Gasteiger charge is -2.03. The third kappa shape index (κ3) is 2.12. The lowest BCUT2D eigenvalue weighted by molar-refractivity contribution is 0.624. The molecule has 0 aliphatic heterocycles. The van der Waals surface area contributed by atoms with E-state index in [9.17, 15) is 9.18 Å². The molecule has 0 unspecified atom stereocenters. The maximum absolute atomic E-state index is 12.9. The van der Waals surface area contributed by atoms with Gasteiger partial charge < -0.3 is 0 Å². The van der Waals surface area contributed by atoms with E-state index in [1.807, 2.05) is 0 Å². The molecule has 76 valence electrons. The Kier molecular flexibility index (Phi) is 2.64. The Hall–Kier alpha value is -1.49. The highest BCUT2D eigenvalue weighted by atomic mass is 79.9. The standard InChI is InChI=1S/C10H6BrFN2O/c11-9-4-5-10(15)14(13-9)8-3-1-2-7(12)6-8/h1-6H. The molecule has 0 aliphatic rings. The van der Waals surface area contributed by atoms with E-state index in [0.29, 0.717) is 10.3 Å². The monoisotopic (exact) mass is 268 g/mol. The van der Waals surface area contributed by atoms with Gasteiger partial charge in [0, 0.05) is 6.07 Å². The van der Waals surface area contributed by atoms with E-state index in [4.69, 9.17) is 0 Å². The third-order valence-electron chi connectivity index (χ3n) is 1.82. The predicted octanol–water partition coefficient (Wildman–Crippen LogP) is 2.13. The van der Waals surface area contributed by atoms with Gasteiger partial charge in [0.25, 0.3) is 5.56 Å². The van der Waals surface area contributed by atoms with Crippen LogP contribution in [0.4, 0.5) is 4.39 Å². The summed E-state index contributed by atoms with van der Waals surface area (Å²) >= 11 is 3.15. The summed E-state index contributed by atoms with van der Waals surface area (Å²) in [5.74, 6) is -0.402. The van der Waals surface area contributed by atoms with Crippen LogP contribution < -0.4 is 5.56 Å². The summed E-state index contributed by atoms with van der Waals surface area (Å²) in [6.45, 7) is 0. The van der Waals surface area contributed by atoms with Crippen molar-refractivity contribution in [2.24, 2.45) is 0 Å². The van der Waals surface area contributed by atoms with Gasteiger partial charge >= 0.3 is 0 Å². The minimum atomic E-state index is -0.402. The van der Waals surface area contributed by atoms with E-state index in [1.54, 1.807) is 6.07 Å². The van der Waals surface area contributed by atoms with Crippen LogP contribution in [0.2, 0.25) is 0 Å². The van der Waals surface area contributed by atoms with Crippen molar-refractivity contribution < 1.29 is 4.39 Å². The van der Waals surface area contributed by atoms with Crippen LogP contribution in [0, 0.1) is 5.82 Å². The third-order valence-corrected chi connectivity index (χ3v) is 2.24. The normalized spacial score (nSPS) is 10.3. The first-order valence-corrected chi connectivity index (χ1v) is 4.98. The van der Waals surface area contributed by atoms with Crippen molar-refractivity contribution in [2.75, 3.05) is 0 Å². The average Bonchev–Trinajstić information content (AvgIpc) is 2.22. The summed E-state index contributed by atoms with van der Waals surface area (Å²) in [6.07, 6.45) is 0. The van der Waals surface area contributed by atoms with Gasteiger partial charge in [0.1, 0.15) is 10.4 Å². The average molecular weight is 269 g/mol. The largest absolute Gasteiger partial charge is 0.271 e. The van der Waals surface area contributed by atoms with E-state index >= 15 is 0 Å². The molecule has 2 aromatic rings. The SMILES string of the molecule is O=c1ccc(Br)nn1-c1cccc(F)c1. The first-order valence-electron chi connectivity index (χ1n) is 4.18. The van der Waals surface area contributed by atoms with Crippen molar-refractivity contribution in [1.82, 2.24) is 9.78 Å². The van der Waals surface area contributed by atoms with Gasteiger partial charge in [-0.3, -0.25) is 4.79 Å². The number of rotatable bonds is 1. The molecule has 15 heavy (non-hydrogen) atoms. The molecule has 1 aromatic carbocycles. The quantitative estimate of drug-likeness (QED) is 0.794. The van der Waals surface area contributed by atoms with Crippen LogP contribution in [-0.4, -0.2) is 9.78 Å². The topological polar surface area (TPSA) is 34.9 Å². The molecule has 0 bridgehead atoms. The molecule has 0 amide bonds. The second-order valence-corrected chi connectivity index (χ2v) is 3.70. The molecule has 5 heteroatoms. The van der Waals surface area contributed by atoms with Crippen LogP contribution in [0.3, 0.4) is 0 Å². The van der Waals surface area contributed by atoms with E-state index in [-0.39, 0.29) is 5.56 Å². The van der Waals surface area contributed by atoms with Gasteiger partial charge in [0.2, 0.25) is 0 Å². The van der Waals surface area contributed by atoms with Gasteiger partial charge in [-0.15, -0.1) is 0 Å². The molecule has 1 aromatic heterocycles. The van der Waals surface area contributed by atoms with Crippen LogP contribution in [0.25, 0.3) is 5.69 Å². The molecule has 2 rings (SSSR count). The summed E-state index contributed by atoms with van der Waals surface area (Å²) in [5, 5.41) is 3.94. The Morgan fingerprint density at radius 1 is 1.27 bits per heavy atom. The summed E-state index contributed by atoms with van der Waals surface area (Å²) in [7, 11) is 0. The van der Waals surface area contributed by atoms with Crippen molar-refractivity contribution in [3.8, 4) is 5.69 Å². The van der Waals surface area contributed by atoms with E-state index in [1.165, 1.54) is 30.3 Å². The Labute approximate surface area is 93.3 Å². The first kappa shape index (κ1) is 10.0. The van der Waals surface area contributed by atoms with Gasteiger partial charge in [0.15, 0.2) is 0 Å². The second kappa shape index (κ2) is 3.94. The highest BCUT2D eigenvalue weighted by Gasteiger charge is 2.02. The molecule has 0 radical (unpaired) electrons. The van der Waals surface area contributed by atoms with Crippen LogP contribution in [0.1, 0.15) is 0 Å². The maximum atomic E-state index is 12.9. The number of hydrogen-bond donors (Lipinski definition) is 0. The molecule has 1 heterocycles. The molecule has 0 atom stereocenters. The summed E-state index contributed by atoms with van der Waals surface area (Å²) < 4.78 is 14.6. The van der Waals surface area contributed by atoms with Crippen LogP contribution in [0.15, 0.2) is 45.8 Å². The molecule has 0 spiro atoms. The molecule has 0 saturated carbocycles.